The maximum absolute atomic E-state index is 13.3. The van der Waals surface area contributed by atoms with Gasteiger partial charge in [0, 0.05) is 25.4 Å². The zero-order valence-corrected chi connectivity index (χ0v) is 13.6. The summed E-state index contributed by atoms with van der Waals surface area (Å²) in [6.07, 6.45) is 9.28. The van der Waals surface area contributed by atoms with Crippen molar-refractivity contribution in [2.24, 2.45) is 7.05 Å². The molecule has 2 atom stereocenters. The highest BCUT2D eigenvalue weighted by Gasteiger charge is 2.36. The van der Waals surface area contributed by atoms with Crippen LogP contribution in [-0.4, -0.2) is 27.1 Å². The molecule has 1 aliphatic carbocycles. The minimum Gasteiger partial charge on any atom is -0.335 e. The Labute approximate surface area is 137 Å². The molecule has 23 heavy (non-hydrogen) atoms. The largest absolute Gasteiger partial charge is 0.335 e. The molecule has 2 aromatic rings. The molecule has 120 valence electrons. The van der Waals surface area contributed by atoms with Gasteiger partial charge in [-0.2, -0.15) is 5.10 Å². The second kappa shape index (κ2) is 5.84. The maximum Gasteiger partial charge on any atom is 0.230 e. The van der Waals surface area contributed by atoms with Crippen LogP contribution in [-0.2, 0) is 18.3 Å². The maximum atomic E-state index is 13.3. The average Bonchev–Trinajstić information content (AvgIpc) is 3.22. The molecule has 4 rings (SSSR count). The number of nitrogens with zero attached hydrogens (tertiary/aromatic N) is 3. The summed E-state index contributed by atoms with van der Waals surface area (Å²) < 4.78 is 1.83. The van der Waals surface area contributed by atoms with E-state index < -0.39 is 0 Å². The van der Waals surface area contributed by atoms with Gasteiger partial charge in [0.15, 0.2) is 0 Å². The molecular formula is C19H23N3O. The van der Waals surface area contributed by atoms with Crippen LogP contribution in [0.5, 0.6) is 0 Å². The molecule has 0 N–H and O–H groups in total. The van der Waals surface area contributed by atoms with Crippen molar-refractivity contribution in [3.8, 4) is 0 Å². The summed E-state index contributed by atoms with van der Waals surface area (Å²) >= 11 is 0. The van der Waals surface area contributed by atoms with Gasteiger partial charge >= 0.3 is 0 Å². The number of fused-ring (bicyclic) bond motifs is 1. The number of likely N-dealkylation sites (tertiary alicyclic amines) is 1. The third-order valence-corrected chi connectivity index (χ3v) is 5.31. The van der Waals surface area contributed by atoms with Gasteiger partial charge in [-0.05, 0) is 43.2 Å². The molecule has 1 aromatic heterocycles. The van der Waals surface area contributed by atoms with Crippen LogP contribution in [0, 0.1) is 0 Å². The minimum absolute atomic E-state index is 0.0391. The van der Waals surface area contributed by atoms with Crippen LogP contribution in [0.4, 0.5) is 0 Å². The highest BCUT2D eigenvalue weighted by atomic mass is 16.2. The Morgan fingerprint density at radius 1 is 1.22 bits per heavy atom. The number of carbonyl (C=O) groups is 1. The average molecular weight is 309 g/mol. The third-order valence-electron chi connectivity index (χ3n) is 5.31. The third kappa shape index (κ3) is 2.56. The lowest BCUT2D eigenvalue weighted by atomic mass is 9.82. The summed E-state index contributed by atoms with van der Waals surface area (Å²) in [4.78, 5) is 15.4. The summed E-state index contributed by atoms with van der Waals surface area (Å²) in [5, 5.41) is 4.28. The molecule has 0 bridgehead atoms. The van der Waals surface area contributed by atoms with E-state index in [1.54, 1.807) is 0 Å². The van der Waals surface area contributed by atoms with Gasteiger partial charge in [0.2, 0.25) is 5.91 Å². The Bertz CT molecular complexity index is 721. The van der Waals surface area contributed by atoms with Crippen LogP contribution >= 0.6 is 0 Å². The van der Waals surface area contributed by atoms with E-state index in [0.717, 1.165) is 38.6 Å². The van der Waals surface area contributed by atoms with E-state index in [1.807, 2.05) is 24.1 Å². The first-order chi connectivity index (χ1) is 11.2. The van der Waals surface area contributed by atoms with Crippen LogP contribution in [0.15, 0.2) is 36.7 Å². The molecule has 0 radical (unpaired) electrons. The van der Waals surface area contributed by atoms with E-state index in [9.17, 15) is 4.79 Å². The predicted octanol–water partition coefficient (Wildman–Crippen LogP) is 3.20. The van der Waals surface area contributed by atoms with E-state index in [-0.39, 0.29) is 12.0 Å². The quantitative estimate of drug-likeness (QED) is 0.854. The second-order valence-electron chi connectivity index (χ2n) is 6.78. The zero-order valence-electron chi connectivity index (χ0n) is 13.6. The molecule has 0 spiro atoms. The van der Waals surface area contributed by atoms with E-state index in [1.165, 1.54) is 16.7 Å². The monoisotopic (exact) mass is 309 g/mol. The fourth-order valence-electron chi connectivity index (χ4n) is 4.20. The normalized spacial score (nSPS) is 23.8. The lowest BCUT2D eigenvalue weighted by Gasteiger charge is -2.31. The zero-order chi connectivity index (χ0) is 15.8. The van der Waals surface area contributed by atoms with Gasteiger partial charge in [0.25, 0.3) is 0 Å². The number of hydrogen-bond donors (Lipinski definition) is 0. The van der Waals surface area contributed by atoms with Crippen LogP contribution in [0.2, 0.25) is 0 Å². The van der Waals surface area contributed by atoms with E-state index in [2.05, 4.69) is 34.3 Å². The van der Waals surface area contributed by atoms with Gasteiger partial charge < -0.3 is 4.90 Å². The number of benzene rings is 1. The van der Waals surface area contributed by atoms with Gasteiger partial charge in [-0.1, -0.05) is 24.3 Å². The molecule has 2 aliphatic rings. The van der Waals surface area contributed by atoms with Gasteiger partial charge in [0.05, 0.1) is 18.2 Å². The minimum atomic E-state index is 0.0391. The lowest BCUT2D eigenvalue weighted by Crippen LogP contribution is -2.36. The van der Waals surface area contributed by atoms with Crippen molar-refractivity contribution in [3.63, 3.8) is 0 Å². The molecule has 4 nitrogen and oxygen atoms in total. The summed E-state index contributed by atoms with van der Waals surface area (Å²) in [5.41, 5.74) is 3.78. The second-order valence-corrected chi connectivity index (χ2v) is 6.78. The Morgan fingerprint density at radius 3 is 2.91 bits per heavy atom. The Kier molecular flexibility index (Phi) is 3.68. The van der Waals surface area contributed by atoms with Crippen molar-refractivity contribution >= 4 is 5.91 Å². The van der Waals surface area contributed by atoms with E-state index in [0.29, 0.717) is 5.91 Å². The first kappa shape index (κ1) is 14.5. The van der Waals surface area contributed by atoms with Crippen molar-refractivity contribution in [1.29, 1.82) is 0 Å². The Morgan fingerprint density at radius 2 is 2.09 bits per heavy atom. The smallest absolute Gasteiger partial charge is 0.230 e. The molecule has 1 aliphatic heterocycles. The molecule has 1 saturated heterocycles. The summed E-state index contributed by atoms with van der Waals surface area (Å²) in [5.74, 6) is 0.348. The van der Waals surface area contributed by atoms with E-state index in [4.69, 9.17) is 0 Å². The summed E-state index contributed by atoms with van der Waals surface area (Å²) in [7, 11) is 1.93. The molecule has 0 saturated carbocycles. The molecule has 4 heteroatoms. The van der Waals surface area contributed by atoms with Crippen molar-refractivity contribution < 1.29 is 4.79 Å². The summed E-state index contributed by atoms with van der Waals surface area (Å²) in [6.45, 7) is 0.872. The lowest BCUT2D eigenvalue weighted by molar-refractivity contribution is -0.134. The van der Waals surface area contributed by atoms with Crippen molar-refractivity contribution in [1.82, 2.24) is 14.7 Å². The molecule has 1 aromatic carbocycles. The van der Waals surface area contributed by atoms with Gasteiger partial charge in [-0.25, -0.2) is 0 Å². The van der Waals surface area contributed by atoms with Crippen LogP contribution in [0.25, 0.3) is 0 Å². The fourth-order valence-corrected chi connectivity index (χ4v) is 4.20. The van der Waals surface area contributed by atoms with Crippen molar-refractivity contribution in [3.05, 3.63) is 53.3 Å². The fraction of sp³-hybridized carbons (Fsp3) is 0.474. The Hall–Kier alpha value is -2.10. The van der Waals surface area contributed by atoms with Gasteiger partial charge in [-0.3, -0.25) is 9.48 Å². The van der Waals surface area contributed by atoms with Crippen LogP contribution in [0.3, 0.4) is 0 Å². The number of carbonyl (C=O) groups excluding carboxylic acids is 1. The number of rotatable bonds is 2. The number of amides is 1. The number of aryl methyl sites for hydroxylation is 2. The van der Waals surface area contributed by atoms with Gasteiger partial charge in [0.1, 0.15) is 0 Å². The topological polar surface area (TPSA) is 38.1 Å². The summed E-state index contributed by atoms with van der Waals surface area (Å²) in [6, 6.07) is 8.67. The first-order valence-electron chi connectivity index (χ1n) is 8.61. The molecule has 2 heterocycles. The van der Waals surface area contributed by atoms with Crippen molar-refractivity contribution in [2.75, 3.05) is 6.54 Å². The predicted molar refractivity (Wildman–Crippen MR) is 89.0 cm³/mol. The molecular weight excluding hydrogens is 286 g/mol. The molecule has 1 fully saturated rings. The number of aromatic nitrogens is 2. The van der Waals surface area contributed by atoms with Crippen LogP contribution in [0.1, 0.15) is 54.3 Å². The van der Waals surface area contributed by atoms with Gasteiger partial charge in [-0.15, -0.1) is 0 Å². The first-order valence-corrected chi connectivity index (χ1v) is 8.61. The standard InChI is InChI=1S/C19H23N3O/c1-21-13-15(12-20-21)18-10-5-11-22(18)19(23)17-9-4-7-14-6-2-3-8-16(14)17/h2-3,6,8,12-13,17-18H,4-5,7,9-11H2,1H3/t17-,18+/m0/s1. The molecule has 0 unspecified atom stereocenters. The van der Waals surface area contributed by atoms with Crippen LogP contribution < -0.4 is 0 Å². The SMILES string of the molecule is Cn1cc([C@H]2CCCN2C(=O)[C@H]2CCCc3ccccc32)cn1. The molecule has 1 amide bonds. The highest BCUT2D eigenvalue weighted by Crippen LogP contribution is 2.38. The number of hydrogen-bond acceptors (Lipinski definition) is 2. The van der Waals surface area contributed by atoms with Crippen molar-refractivity contribution in [2.45, 2.75) is 44.1 Å². The van der Waals surface area contributed by atoms with E-state index >= 15 is 0 Å². The highest BCUT2D eigenvalue weighted by molar-refractivity contribution is 5.85. The Balaban J connectivity index is 1.62.